The molecular formula is C27H25ClF3N3O. The predicted octanol–water partition coefficient (Wildman–Crippen LogP) is 7.19. The van der Waals surface area contributed by atoms with Crippen molar-refractivity contribution < 1.29 is 18.0 Å². The Hall–Kier alpha value is -3.32. The van der Waals surface area contributed by atoms with Gasteiger partial charge in [0.1, 0.15) is 5.65 Å². The summed E-state index contributed by atoms with van der Waals surface area (Å²) in [6, 6.07) is 16.1. The Balaban J connectivity index is 1.77. The minimum absolute atomic E-state index is 0.0645. The number of fused-ring (bicyclic) bond motifs is 1. The minimum atomic E-state index is -4.43. The van der Waals surface area contributed by atoms with Crippen LogP contribution < -0.4 is 5.32 Å². The minimum Gasteiger partial charge on any atom is -0.354 e. The summed E-state index contributed by atoms with van der Waals surface area (Å²) in [6.07, 6.45) is -1.15. The van der Waals surface area contributed by atoms with Crippen LogP contribution in [0.5, 0.6) is 0 Å². The summed E-state index contributed by atoms with van der Waals surface area (Å²) in [7, 11) is 0. The van der Waals surface area contributed by atoms with Crippen molar-refractivity contribution in [1.29, 1.82) is 0 Å². The lowest BCUT2D eigenvalue weighted by Gasteiger charge is -2.12. The lowest BCUT2D eigenvalue weighted by molar-refractivity contribution is -0.137. The molecule has 182 valence electrons. The maximum Gasteiger partial charge on any atom is 0.416 e. The molecule has 2 aromatic heterocycles. The van der Waals surface area contributed by atoms with E-state index in [1.165, 1.54) is 6.07 Å². The van der Waals surface area contributed by atoms with Crippen molar-refractivity contribution in [3.63, 3.8) is 0 Å². The van der Waals surface area contributed by atoms with Crippen molar-refractivity contribution in [2.75, 3.05) is 0 Å². The van der Waals surface area contributed by atoms with Gasteiger partial charge in [-0.05, 0) is 67.3 Å². The molecule has 0 bridgehead atoms. The Morgan fingerprint density at radius 3 is 2.46 bits per heavy atom. The van der Waals surface area contributed by atoms with E-state index in [0.717, 1.165) is 29.8 Å². The molecule has 0 saturated carbocycles. The van der Waals surface area contributed by atoms with Crippen molar-refractivity contribution in [3.8, 4) is 22.4 Å². The first kappa shape index (κ1) is 24.8. The second-order valence-corrected chi connectivity index (χ2v) is 8.95. The average Bonchev–Trinajstić information content (AvgIpc) is 3.20. The molecular weight excluding hydrogens is 475 g/mol. The first-order chi connectivity index (χ1) is 16.7. The van der Waals surface area contributed by atoms with Gasteiger partial charge in [-0.3, -0.25) is 4.79 Å². The standard InChI is InChI=1S/C27H25ClF3N3O/c1-3-17(2)32-25(35)14-12-23-26(18-7-10-22(28)11-8-18)33-24-13-9-20(16-34(23)24)19-5-4-6-21(15-19)27(29,30)31/h4-11,13,15-17H,3,12,14H2,1-2H3,(H,32,35)/t17-/m0/s1. The Bertz CT molecular complexity index is 1350. The average molecular weight is 500 g/mol. The second-order valence-electron chi connectivity index (χ2n) is 8.52. The molecule has 4 aromatic rings. The molecule has 0 radical (unpaired) electrons. The molecule has 0 aliphatic heterocycles. The molecule has 1 atom stereocenters. The van der Waals surface area contributed by atoms with Crippen molar-refractivity contribution >= 4 is 23.2 Å². The van der Waals surface area contributed by atoms with Gasteiger partial charge >= 0.3 is 6.18 Å². The highest BCUT2D eigenvalue weighted by atomic mass is 35.5. The van der Waals surface area contributed by atoms with E-state index in [0.29, 0.717) is 33.9 Å². The van der Waals surface area contributed by atoms with Gasteiger partial charge < -0.3 is 9.72 Å². The predicted molar refractivity (Wildman–Crippen MR) is 132 cm³/mol. The highest BCUT2D eigenvalue weighted by molar-refractivity contribution is 6.30. The van der Waals surface area contributed by atoms with E-state index >= 15 is 0 Å². The fourth-order valence-corrected chi connectivity index (χ4v) is 4.02. The van der Waals surface area contributed by atoms with Crippen LogP contribution in [-0.2, 0) is 17.4 Å². The van der Waals surface area contributed by atoms with Crippen molar-refractivity contribution in [2.24, 2.45) is 0 Å². The van der Waals surface area contributed by atoms with Gasteiger partial charge in [0.25, 0.3) is 0 Å². The third-order valence-corrected chi connectivity index (χ3v) is 6.22. The maximum absolute atomic E-state index is 13.2. The monoisotopic (exact) mass is 499 g/mol. The van der Waals surface area contributed by atoms with Crippen LogP contribution in [0.25, 0.3) is 28.0 Å². The van der Waals surface area contributed by atoms with Crippen molar-refractivity contribution in [2.45, 2.75) is 45.3 Å². The molecule has 35 heavy (non-hydrogen) atoms. The molecule has 4 rings (SSSR count). The number of nitrogens with zero attached hydrogens (tertiary/aromatic N) is 2. The van der Waals surface area contributed by atoms with Gasteiger partial charge in [-0.2, -0.15) is 13.2 Å². The Labute approximate surface area is 206 Å². The lowest BCUT2D eigenvalue weighted by atomic mass is 10.0. The van der Waals surface area contributed by atoms with Crippen LogP contribution in [0, 0.1) is 0 Å². The van der Waals surface area contributed by atoms with E-state index in [2.05, 4.69) is 5.32 Å². The van der Waals surface area contributed by atoms with Crippen LogP contribution in [0.1, 0.15) is 37.9 Å². The number of aromatic nitrogens is 2. The topological polar surface area (TPSA) is 46.4 Å². The number of nitrogens with one attached hydrogen (secondary N) is 1. The Morgan fingerprint density at radius 1 is 1.06 bits per heavy atom. The number of hydrogen-bond donors (Lipinski definition) is 1. The molecule has 0 unspecified atom stereocenters. The van der Waals surface area contributed by atoms with Crippen LogP contribution in [0.3, 0.4) is 0 Å². The third-order valence-electron chi connectivity index (χ3n) is 5.97. The first-order valence-electron chi connectivity index (χ1n) is 11.4. The molecule has 2 heterocycles. The fourth-order valence-electron chi connectivity index (χ4n) is 3.90. The largest absolute Gasteiger partial charge is 0.416 e. The van der Waals surface area contributed by atoms with Crippen LogP contribution in [0.4, 0.5) is 13.2 Å². The lowest BCUT2D eigenvalue weighted by Crippen LogP contribution is -2.32. The smallest absolute Gasteiger partial charge is 0.354 e. The summed E-state index contributed by atoms with van der Waals surface area (Å²) >= 11 is 6.06. The maximum atomic E-state index is 13.2. The number of amides is 1. The number of rotatable bonds is 7. The van der Waals surface area contributed by atoms with Gasteiger partial charge in [0, 0.05) is 29.2 Å². The molecule has 1 N–H and O–H groups in total. The summed E-state index contributed by atoms with van der Waals surface area (Å²) in [5.74, 6) is -0.0645. The van der Waals surface area contributed by atoms with Gasteiger partial charge in [0.15, 0.2) is 0 Å². The number of carbonyl (C=O) groups is 1. The van der Waals surface area contributed by atoms with E-state index < -0.39 is 11.7 Å². The normalized spacial score (nSPS) is 12.6. The zero-order chi connectivity index (χ0) is 25.2. The number of imidazole rings is 1. The zero-order valence-corrected chi connectivity index (χ0v) is 20.1. The molecule has 0 fully saturated rings. The number of carbonyl (C=O) groups excluding carboxylic acids is 1. The zero-order valence-electron chi connectivity index (χ0n) is 19.4. The van der Waals surface area contributed by atoms with Gasteiger partial charge in [-0.25, -0.2) is 4.98 Å². The molecule has 2 aromatic carbocycles. The second kappa shape index (κ2) is 10.1. The molecule has 4 nitrogen and oxygen atoms in total. The van der Waals surface area contributed by atoms with Crippen LogP contribution in [-0.4, -0.2) is 21.3 Å². The number of aryl methyl sites for hydroxylation is 1. The van der Waals surface area contributed by atoms with E-state index in [-0.39, 0.29) is 18.4 Å². The summed E-state index contributed by atoms with van der Waals surface area (Å²) in [4.78, 5) is 17.3. The van der Waals surface area contributed by atoms with Crippen LogP contribution >= 0.6 is 11.6 Å². The van der Waals surface area contributed by atoms with E-state index in [9.17, 15) is 18.0 Å². The molecule has 0 aliphatic carbocycles. The van der Waals surface area contributed by atoms with Gasteiger partial charge in [-0.15, -0.1) is 0 Å². The first-order valence-corrected chi connectivity index (χ1v) is 11.8. The molecule has 8 heteroatoms. The van der Waals surface area contributed by atoms with E-state index in [1.54, 1.807) is 36.5 Å². The van der Waals surface area contributed by atoms with Crippen molar-refractivity contribution in [1.82, 2.24) is 14.7 Å². The summed E-state index contributed by atoms with van der Waals surface area (Å²) in [6.45, 7) is 3.95. The summed E-state index contributed by atoms with van der Waals surface area (Å²) in [5, 5.41) is 3.57. The highest BCUT2D eigenvalue weighted by Gasteiger charge is 2.30. The quantitative estimate of drug-likeness (QED) is 0.292. The number of benzene rings is 2. The van der Waals surface area contributed by atoms with E-state index in [1.807, 2.05) is 30.4 Å². The molecule has 0 saturated heterocycles. The molecule has 1 amide bonds. The SMILES string of the molecule is CC[C@H](C)NC(=O)CCc1c(-c2ccc(Cl)cc2)nc2ccc(-c3cccc(C(F)(F)F)c3)cn12. The highest BCUT2D eigenvalue weighted by Crippen LogP contribution is 2.33. The number of alkyl halides is 3. The number of pyridine rings is 1. The van der Waals surface area contributed by atoms with Gasteiger partial charge in [-0.1, -0.05) is 42.8 Å². The summed E-state index contributed by atoms with van der Waals surface area (Å²) < 4.78 is 41.6. The Morgan fingerprint density at radius 2 is 1.77 bits per heavy atom. The van der Waals surface area contributed by atoms with E-state index in [4.69, 9.17) is 16.6 Å². The fraction of sp³-hybridized carbons (Fsp3) is 0.259. The summed E-state index contributed by atoms with van der Waals surface area (Å²) in [5.41, 5.74) is 3.36. The Kier molecular flexibility index (Phi) is 7.17. The van der Waals surface area contributed by atoms with Crippen LogP contribution in [0.15, 0.2) is 66.9 Å². The molecule has 0 spiro atoms. The number of hydrogen-bond acceptors (Lipinski definition) is 2. The van der Waals surface area contributed by atoms with Gasteiger partial charge in [0.05, 0.1) is 17.0 Å². The third kappa shape index (κ3) is 5.68. The van der Waals surface area contributed by atoms with Crippen LogP contribution in [0.2, 0.25) is 5.02 Å². The van der Waals surface area contributed by atoms with Crippen molar-refractivity contribution in [3.05, 3.63) is 83.1 Å². The number of halogens is 4. The van der Waals surface area contributed by atoms with Gasteiger partial charge in [0.2, 0.25) is 5.91 Å². The molecule has 0 aliphatic rings.